The lowest BCUT2D eigenvalue weighted by atomic mass is 10.0. The second-order valence-corrected chi connectivity index (χ2v) is 5.77. The summed E-state index contributed by atoms with van der Waals surface area (Å²) in [5.74, 6) is 0. The maximum Gasteiger partial charge on any atom is 0.180 e. The van der Waals surface area contributed by atoms with E-state index in [4.69, 9.17) is 15.2 Å². The van der Waals surface area contributed by atoms with Crippen molar-refractivity contribution in [2.75, 3.05) is 26.1 Å². The van der Waals surface area contributed by atoms with E-state index in [-0.39, 0.29) is 0 Å². The molecule has 0 saturated heterocycles. The van der Waals surface area contributed by atoms with E-state index in [0.717, 1.165) is 10.2 Å². The third kappa shape index (κ3) is 3.69. The number of aryl methyl sites for hydroxylation is 2. The minimum absolute atomic E-state index is 0.396. The Balaban J connectivity index is 3.04. The first kappa shape index (κ1) is 16.4. The van der Waals surface area contributed by atoms with Gasteiger partial charge in [-0.25, -0.2) is 0 Å². The number of hydrogen-bond acceptors (Lipinski definition) is 4. The molecule has 1 unspecified atom stereocenters. The number of nitrogens with one attached hydrogen (secondary N) is 1. The molecule has 3 N–H and O–H groups in total. The zero-order chi connectivity index (χ0) is 14.6. The van der Waals surface area contributed by atoms with Crippen LogP contribution in [0, 0.1) is 13.8 Å². The van der Waals surface area contributed by atoms with Crippen LogP contribution in [0.25, 0.3) is 0 Å². The molecule has 5 heteroatoms. The molecule has 1 rings (SSSR count). The largest absolute Gasteiger partial charge is 0.374 e. The third-order valence-electron chi connectivity index (χ3n) is 3.24. The van der Waals surface area contributed by atoms with Crippen LogP contribution in [-0.2, 0) is 9.47 Å². The molecule has 0 aliphatic carbocycles. The van der Waals surface area contributed by atoms with E-state index in [1.54, 1.807) is 14.2 Å². The Morgan fingerprint density at radius 1 is 1.26 bits per heavy atom. The van der Waals surface area contributed by atoms with Gasteiger partial charge in [0, 0.05) is 30.9 Å². The Hall–Kier alpha value is -0.620. The van der Waals surface area contributed by atoms with Crippen LogP contribution in [0.3, 0.4) is 0 Å². The number of methoxy groups -OCH3 is 2. The number of benzene rings is 1. The molecular weight excluding hydrogens is 308 g/mol. The minimum Gasteiger partial charge on any atom is -0.374 e. The van der Waals surface area contributed by atoms with Crippen molar-refractivity contribution in [2.45, 2.75) is 32.6 Å². The van der Waals surface area contributed by atoms with Gasteiger partial charge in [0.15, 0.2) is 6.29 Å². The Labute approximate surface area is 123 Å². The van der Waals surface area contributed by atoms with E-state index in [9.17, 15) is 0 Å². The number of hydrogen-bond donors (Lipinski definition) is 2. The fraction of sp³-hybridized carbons (Fsp3) is 0.571. The Kier molecular flexibility index (Phi) is 5.80. The minimum atomic E-state index is -0.490. The zero-order valence-corrected chi connectivity index (χ0v) is 13.8. The zero-order valence-electron chi connectivity index (χ0n) is 12.2. The Morgan fingerprint density at radius 2 is 1.74 bits per heavy atom. The van der Waals surface area contributed by atoms with Crippen LogP contribution >= 0.6 is 15.9 Å². The Bertz CT molecular complexity index is 412. The van der Waals surface area contributed by atoms with Crippen LogP contribution in [0.5, 0.6) is 0 Å². The smallest absolute Gasteiger partial charge is 0.180 e. The lowest BCUT2D eigenvalue weighted by Gasteiger charge is -2.36. The van der Waals surface area contributed by atoms with Crippen molar-refractivity contribution in [1.29, 1.82) is 0 Å². The highest BCUT2D eigenvalue weighted by Gasteiger charge is 2.33. The van der Waals surface area contributed by atoms with Crippen molar-refractivity contribution in [3.63, 3.8) is 0 Å². The molecule has 0 fully saturated rings. The first-order valence-electron chi connectivity index (χ1n) is 6.18. The van der Waals surface area contributed by atoms with E-state index in [0.29, 0.717) is 6.54 Å². The van der Waals surface area contributed by atoms with Gasteiger partial charge in [-0.05, 0) is 44.0 Å². The quantitative estimate of drug-likeness (QED) is 0.787. The molecule has 0 radical (unpaired) electrons. The van der Waals surface area contributed by atoms with Gasteiger partial charge in [-0.3, -0.25) is 0 Å². The molecule has 19 heavy (non-hydrogen) atoms. The van der Waals surface area contributed by atoms with Crippen molar-refractivity contribution in [3.8, 4) is 0 Å². The summed E-state index contributed by atoms with van der Waals surface area (Å²) in [5.41, 5.74) is 8.74. The fourth-order valence-corrected chi connectivity index (χ4v) is 2.40. The van der Waals surface area contributed by atoms with Gasteiger partial charge in [-0.2, -0.15) is 0 Å². The lowest BCUT2D eigenvalue weighted by Crippen LogP contribution is -2.54. The van der Waals surface area contributed by atoms with Crippen LogP contribution in [0.1, 0.15) is 18.1 Å². The fourth-order valence-electron chi connectivity index (χ4n) is 2.17. The topological polar surface area (TPSA) is 56.5 Å². The van der Waals surface area contributed by atoms with E-state index in [2.05, 4.69) is 47.2 Å². The van der Waals surface area contributed by atoms with Crippen LogP contribution in [0.2, 0.25) is 0 Å². The summed E-state index contributed by atoms with van der Waals surface area (Å²) < 4.78 is 11.8. The Morgan fingerprint density at radius 3 is 2.11 bits per heavy atom. The molecule has 0 aromatic heterocycles. The molecule has 1 atom stereocenters. The van der Waals surface area contributed by atoms with Crippen LogP contribution < -0.4 is 11.1 Å². The molecule has 108 valence electrons. The van der Waals surface area contributed by atoms with Crippen LogP contribution in [0.4, 0.5) is 5.69 Å². The van der Waals surface area contributed by atoms with Gasteiger partial charge in [0.25, 0.3) is 0 Å². The van der Waals surface area contributed by atoms with E-state index in [1.165, 1.54) is 11.1 Å². The third-order valence-corrected chi connectivity index (χ3v) is 4.49. The second-order valence-electron chi connectivity index (χ2n) is 4.97. The van der Waals surface area contributed by atoms with Gasteiger partial charge in [0.1, 0.15) is 0 Å². The monoisotopic (exact) mass is 330 g/mol. The number of ether oxygens (including phenoxy) is 2. The first-order valence-corrected chi connectivity index (χ1v) is 6.98. The van der Waals surface area contributed by atoms with Crippen LogP contribution in [-0.4, -0.2) is 32.6 Å². The molecule has 0 aliphatic heterocycles. The molecule has 1 aromatic carbocycles. The van der Waals surface area contributed by atoms with Crippen LogP contribution in [0.15, 0.2) is 16.6 Å². The van der Waals surface area contributed by atoms with Gasteiger partial charge in [-0.1, -0.05) is 15.9 Å². The van der Waals surface area contributed by atoms with Gasteiger partial charge >= 0.3 is 0 Å². The SMILES string of the molecule is COC(OC)C(C)(CN)Nc1cc(C)c(Br)c(C)c1. The molecule has 0 spiro atoms. The highest BCUT2D eigenvalue weighted by atomic mass is 79.9. The lowest BCUT2D eigenvalue weighted by molar-refractivity contribution is -0.134. The second kappa shape index (κ2) is 6.70. The highest BCUT2D eigenvalue weighted by molar-refractivity contribution is 9.10. The van der Waals surface area contributed by atoms with Crippen molar-refractivity contribution in [2.24, 2.45) is 5.73 Å². The summed E-state index contributed by atoms with van der Waals surface area (Å²) in [7, 11) is 3.23. The summed E-state index contributed by atoms with van der Waals surface area (Å²) in [6, 6.07) is 4.15. The highest BCUT2D eigenvalue weighted by Crippen LogP contribution is 2.28. The van der Waals surface area contributed by atoms with Gasteiger partial charge in [-0.15, -0.1) is 0 Å². The summed E-state index contributed by atoms with van der Waals surface area (Å²) in [6.45, 7) is 6.50. The summed E-state index contributed by atoms with van der Waals surface area (Å²) in [4.78, 5) is 0. The number of rotatable bonds is 6. The standard InChI is InChI=1S/C14H23BrN2O2/c1-9-6-11(7-10(2)12(9)15)17-14(3,8-16)13(18-4)19-5/h6-7,13,17H,8,16H2,1-5H3. The van der Waals surface area contributed by atoms with E-state index < -0.39 is 11.8 Å². The van der Waals surface area contributed by atoms with Crippen molar-refractivity contribution < 1.29 is 9.47 Å². The average Bonchev–Trinajstić information content (AvgIpc) is 2.37. The van der Waals surface area contributed by atoms with Crippen molar-refractivity contribution in [1.82, 2.24) is 0 Å². The van der Waals surface area contributed by atoms with Crippen molar-refractivity contribution in [3.05, 3.63) is 27.7 Å². The summed E-state index contributed by atoms with van der Waals surface area (Å²) in [5, 5.41) is 3.42. The summed E-state index contributed by atoms with van der Waals surface area (Å²) >= 11 is 3.56. The molecule has 0 amide bonds. The van der Waals surface area contributed by atoms with Gasteiger partial charge in [0.2, 0.25) is 0 Å². The van der Waals surface area contributed by atoms with Gasteiger partial charge < -0.3 is 20.5 Å². The number of nitrogens with two attached hydrogens (primary N) is 1. The van der Waals surface area contributed by atoms with Gasteiger partial charge in [0.05, 0.1) is 5.54 Å². The normalized spacial score (nSPS) is 14.5. The molecule has 0 aliphatic rings. The summed E-state index contributed by atoms with van der Waals surface area (Å²) in [6.07, 6.45) is -0.415. The number of halogens is 1. The predicted molar refractivity (Wildman–Crippen MR) is 82.5 cm³/mol. The average molecular weight is 331 g/mol. The molecule has 0 bridgehead atoms. The predicted octanol–water partition coefficient (Wildman–Crippen LogP) is 2.81. The first-order chi connectivity index (χ1) is 8.87. The molecular formula is C14H23BrN2O2. The molecule has 4 nitrogen and oxygen atoms in total. The molecule has 1 aromatic rings. The number of anilines is 1. The molecule has 0 saturated carbocycles. The maximum absolute atomic E-state index is 5.88. The van der Waals surface area contributed by atoms with E-state index in [1.807, 2.05) is 6.92 Å². The molecule has 0 heterocycles. The van der Waals surface area contributed by atoms with Crippen molar-refractivity contribution >= 4 is 21.6 Å². The maximum atomic E-state index is 5.88. The van der Waals surface area contributed by atoms with E-state index >= 15 is 0 Å².